The van der Waals surface area contributed by atoms with Gasteiger partial charge in [-0.2, -0.15) is 5.10 Å². The molecule has 0 saturated heterocycles. The number of aromatic amines is 1. The Kier molecular flexibility index (Phi) is 2.76. The number of H-pyrrole nitrogens is 1. The monoisotopic (exact) mass is 219 g/mol. The quantitative estimate of drug-likeness (QED) is 0.817. The molecular formula is C11H13N3O2. The molecule has 0 fully saturated rings. The maximum Gasteiger partial charge on any atom is 0.303 e. The lowest BCUT2D eigenvalue weighted by molar-refractivity contribution is -0.136. The predicted molar refractivity (Wildman–Crippen MR) is 59.0 cm³/mol. The fourth-order valence-electron chi connectivity index (χ4n) is 1.68. The highest BCUT2D eigenvalue weighted by Crippen LogP contribution is 2.22. The molecule has 2 aromatic heterocycles. The largest absolute Gasteiger partial charge is 0.481 e. The molecule has 16 heavy (non-hydrogen) atoms. The second-order valence-corrected chi connectivity index (χ2v) is 3.67. The second kappa shape index (κ2) is 4.22. The predicted octanol–water partition coefficient (Wildman–Crippen LogP) is 1.43. The fourth-order valence-corrected chi connectivity index (χ4v) is 1.68. The summed E-state index contributed by atoms with van der Waals surface area (Å²) in [5.74, 6) is -0.788. The van der Waals surface area contributed by atoms with Gasteiger partial charge in [0.25, 0.3) is 0 Å². The number of aromatic nitrogens is 3. The van der Waals surface area contributed by atoms with Gasteiger partial charge in [0.15, 0.2) is 0 Å². The standard InChI is InChI=1S/C11H13N3O2/c1-14-7-9(2-3-10(15)16)11(13-14)8-4-5-12-6-8/h4-7,12H,2-3H2,1H3,(H,15,16). The molecule has 0 unspecified atom stereocenters. The first kappa shape index (κ1) is 10.5. The van der Waals surface area contributed by atoms with Gasteiger partial charge < -0.3 is 10.1 Å². The van der Waals surface area contributed by atoms with Crippen molar-refractivity contribution in [2.24, 2.45) is 7.05 Å². The molecular weight excluding hydrogens is 206 g/mol. The van der Waals surface area contributed by atoms with Crippen LogP contribution in [0, 0.1) is 0 Å². The fraction of sp³-hybridized carbons (Fsp3) is 0.273. The number of aliphatic carboxylic acids is 1. The molecule has 0 atom stereocenters. The third-order valence-electron chi connectivity index (χ3n) is 2.38. The first-order chi connectivity index (χ1) is 7.66. The molecule has 0 saturated carbocycles. The lowest BCUT2D eigenvalue weighted by Gasteiger charge is -1.97. The highest BCUT2D eigenvalue weighted by atomic mass is 16.4. The molecule has 2 aromatic rings. The van der Waals surface area contributed by atoms with Gasteiger partial charge >= 0.3 is 5.97 Å². The Hall–Kier alpha value is -2.04. The number of nitrogens with zero attached hydrogens (tertiary/aromatic N) is 2. The van der Waals surface area contributed by atoms with E-state index in [1.165, 1.54) is 0 Å². The van der Waals surface area contributed by atoms with E-state index in [1.54, 1.807) is 4.68 Å². The molecule has 0 aliphatic heterocycles. The Morgan fingerprint density at radius 2 is 2.44 bits per heavy atom. The highest BCUT2D eigenvalue weighted by Gasteiger charge is 2.11. The van der Waals surface area contributed by atoms with Gasteiger partial charge in [-0.3, -0.25) is 9.48 Å². The van der Waals surface area contributed by atoms with E-state index in [4.69, 9.17) is 5.11 Å². The highest BCUT2D eigenvalue weighted by molar-refractivity contribution is 5.68. The molecule has 0 aliphatic rings. The molecule has 2 N–H and O–H groups in total. The molecule has 0 radical (unpaired) electrons. The van der Waals surface area contributed by atoms with Gasteiger partial charge in [-0.25, -0.2) is 0 Å². The number of hydrogen-bond donors (Lipinski definition) is 2. The van der Waals surface area contributed by atoms with E-state index in [-0.39, 0.29) is 6.42 Å². The van der Waals surface area contributed by atoms with Crippen LogP contribution in [0.1, 0.15) is 12.0 Å². The van der Waals surface area contributed by atoms with Crippen LogP contribution in [0.4, 0.5) is 0 Å². The number of nitrogens with one attached hydrogen (secondary N) is 1. The lowest BCUT2D eigenvalue weighted by Crippen LogP contribution is -1.97. The molecule has 0 aliphatic carbocycles. The van der Waals surface area contributed by atoms with Crippen molar-refractivity contribution in [2.75, 3.05) is 0 Å². The summed E-state index contributed by atoms with van der Waals surface area (Å²) in [6.45, 7) is 0. The molecule has 84 valence electrons. The summed E-state index contributed by atoms with van der Waals surface area (Å²) >= 11 is 0. The van der Waals surface area contributed by atoms with Crippen molar-refractivity contribution < 1.29 is 9.90 Å². The summed E-state index contributed by atoms with van der Waals surface area (Å²) in [5, 5.41) is 13.0. The topological polar surface area (TPSA) is 70.9 Å². The summed E-state index contributed by atoms with van der Waals surface area (Å²) in [4.78, 5) is 13.5. The zero-order chi connectivity index (χ0) is 11.5. The molecule has 2 rings (SSSR count). The zero-order valence-electron chi connectivity index (χ0n) is 8.97. The Morgan fingerprint density at radius 1 is 1.62 bits per heavy atom. The molecule has 0 spiro atoms. The number of aryl methyl sites for hydroxylation is 2. The van der Waals surface area contributed by atoms with E-state index in [0.717, 1.165) is 16.8 Å². The maximum absolute atomic E-state index is 10.5. The van der Waals surface area contributed by atoms with Crippen LogP contribution in [0.25, 0.3) is 11.3 Å². The molecule has 5 nitrogen and oxygen atoms in total. The van der Waals surface area contributed by atoms with Crippen molar-refractivity contribution in [3.63, 3.8) is 0 Å². The third kappa shape index (κ3) is 2.13. The Bertz CT molecular complexity index is 485. The van der Waals surface area contributed by atoms with Crippen molar-refractivity contribution in [1.82, 2.24) is 14.8 Å². The minimum atomic E-state index is -0.788. The Morgan fingerprint density at radius 3 is 3.06 bits per heavy atom. The Balaban J connectivity index is 2.27. The summed E-state index contributed by atoms with van der Waals surface area (Å²) in [5.41, 5.74) is 2.80. The van der Waals surface area contributed by atoms with Gasteiger partial charge in [0.1, 0.15) is 0 Å². The zero-order valence-corrected chi connectivity index (χ0v) is 8.97. The SMILES string of the molecule is Cn1cc(CCC(=O)O)c(-c2cc[nH]c2)n1. The average Bonchev–Trinajstić information content (AvgIpc) is 2.82. The third-order valence-corrected chi connectivity index (χ3v) is 2.38. The lowest BCUT2D eigenvalue weighted by atomic mass is 10.1. The normalized spacial score (nSPS) is 10.6. The van der Waals surface area contributed by atoms with Crippen LogP contribution in [0.5, 0.6) is 0 Å². The van der Waals surface area contributed by atoms with Crippen LogP contribution in [-0.4, -0.2) is 25.8 Å². The first-order valence-electron chi connectivity index (χ1n) is 5.04. The maximum atomic E-state index is 10.5. The van der Waals surface area contributed by atoms with Crippen molar-refractivity contribution in [2.45, 2.75) is 12.8 Å². The number of carboxylic acids is 1. The molecule has 2 heterocycles. The molecule has 0 amide bonds. The van der Waals surface area contributed by atoms with Crippen LogP contribution >= 0.6 is 0 Å². The minimum Gasteiger partial charge on any atom is -0.481 e. The van der Waals surface area contributed by atoms with E-state index < -0.39 is 5.97 Å². The smallest absolute Gasteiger partial charge is 0.303 e. The minimum absolute atomic E-state index is 0.128. The number of carbonyl (C=O) groups is 1. The molecule has 0 bridgehead atoms. The van der Waals surface area contributed by atoms with Crippen molar-refractivity contribution >= 4 is 5.97 Å². The van der Waals surface area contributed by atoms with E-state index in [0.29, 0.717) is 6.42 Å². The van der Waals surface area contributed by atoms with Gasteiger partial charge in [-0.05, 0) is 18.1 Å². The molecule has 5 heteroatoms. The van der Waals surface area contributed by atoms with Crippen LogP contribution < -0.4 is 0 Å². The van der Waals surface area contributed by atoms with Gasteiger partial charge in [0, 0.05) is 37.6 Å². The number of hydrogen-bond acceptors (Lipinski definition) is 2. The summed E-state index contributed by atoms with van der Waals surface area (Å²) in [7, 11) is 1.83. The van der Waals surface area contributed by atoms with Crippen LogP contribution in [0.3, 0.4) is 0 Å². The van der Waals surface area contributed by atoms with Crippen LogP contribution in [-0.2, 0) is 18.3 Å². The van der Waals surface area contributed by atoms with Gasteiger partial charge in [-0.1, -0.05) is 0 Å². The average molecular weight is 219 g/mol. The summed E-state index contributed by atoms with van der Waals surface area (Å²) < 4.78 is 1.71. The second-order valence-electron chi connectivity index (χ2n) is 3.67. The molecule has 0 aromatic carbocycles. The van der Waals surface area contributed by atoms with E-state index in [9.17, 15) is 4.79 Å². The van der Waals surface area contributed by atoms with E-state index >= 15 is 0 Å². The summed E-state index contributed by atoms with van der Waals surface area (Å²) in [6, 6.07) is 1.92. The van der Waals surface area contributed by atoms with Crippen molar-refractivity contribution in [1.29, 1.82) is 0 Å². The van der Waals surface area contributed by atoms with Crippen LogP contribution in [0.2, 0.25) is 0 Å². The van der Waals surface area contributed by atoms with E-state index in [2.05, 4.69) is 10.1 Å². The van der Waals surface area contributed by atoms with E-state index in [1.807, 2.05) is 31.7 Å². The van der Waals surface area contributed by atoms with Gasteiger partial charge in [-0.15, -0.1) is 0 Å². The van der Waals surface area contributed by atoms with Gasteiger partial charge in [0.05, 0.1) is 5.69 Å². The van der Waals surface area contributed by atoms with Crippen molar-refractivity contribution in [3.05, 3.63) is 30.2 Å². The number of carboxylic acid groups (broad SMARTS) is 1. The first-order valence-corrected chi connectivity index (χ1v) is 5.04. The van der Waals surface area contributed by atoms with Crippen LogP contribution in [0.15, 0.2) is 24.7 Å². The van der Waals surface area contributed by atoms with Crippen molar-refractivity contribution in [3.8, 4) is 11.3 Å². The Labute approximate surface area is 92.7 Å². The number of rotatable bonds is 4. The summed E-state index contributed by atoms with van der Waals surface area (Å²) in [6.07, 6.45) is 6.18. The van der Waals surface area contributed by atoms with Gasteiger partial charge in [0.2, 0.25) is 0 Å².